The van der Waals surface area contributed by atoms with Crippen molar-refractivity contribution in [3.05, 3.63) is 41.0 Å². The Kier molecular flexibility index (Phi) is 6.28. The molecular weight excluding hydrogens is 344 g/mol. The average Bonchev–Trinajstić information content (AvgIpc) is 3.07. The molecule has 146 valence electrons. The summed E-state index contributed by atoms with van der Waals surface area (Å²) in [5, 5.41) is 11.4. The van der Waals surface area contributed by atoms with E-state index in [2.05, 4.69) is 37.8 Å². The summed E-state index contributed by atoms with van der Waals surface area (Å²) in [7, 11) is 5.13. The van der Waals surface area contributed by atoms with E-state index in [9.17, 15) is 0 Å². The molecule has 2 heterocycles. The fraction of sp³-hybridized carbons (Fsp3) is 0.526. The van der Waals surface area contributed by atoms with Crippen LogP contribution in [0.1, 0.15) is 29.2 Å². The van der Waals surface area contributed by atoms with Gasteiger partial charge in [0.05, 0.1) is 13.7 Å². The van der Waals surface area contributed by atoms with Gasteiger partial charge in [0.25, 0.3) is 0 Å². The van der Waals surface area contributed by atoms with E-state index in [0.29, 0.717) is 13.2 Å². The third kappa shape index (κ3) is 4.77. The van der Waals surface area contributed by atoms with Gasteiger partial charge in [0.1, 0.15) is 18.2 Å². The first kappa shape index (κ1) is 19.2. The van der Waals surface area contributed by atoms with Crippen LogP contribution in [-0.2, 0) is 30.9 Å². The number of benzene rings is 1. The van der Waals surface area contributed by atoms with Crippen molar-refractivity contribution < 1.29 is 9.47 Å². The highest BCUT2D eigenvalue weighted by molar-refractivity contribution is 5.80. The molecule has 1 aromatic carbocycles. The minimum atomic E-state index is 0.262. The van der Waals surface area contributed by atoms with Crippen LogP contribution in [0.3, 0.4) is 0 Å². The van der Waals surface area contributed by atoms with Crippen LogP contribution in [0.5, 0.6) is 5.75 Å². The monoisotopic (exact) mass is 372 g/mol. The van der Waals surface area contributed by atoms with Crippen LogP contribution >= 0.6 is 0 Å². The van der Waals surface area contributed by atoms with E-state index in [1.807, 2.05) is 17.7 Å². The predicted molar refractivity (Wildman–Crippen MR) is 104 cm³/mol. The Bertz CT molecular complexity index is 801. The Morgan fingerprint density at radius 1 is 1.37 bits per heavy atom. The van der Waals surface area contributed by atoms with Crippen LogP contribution in [-0.4, -0.2) is 48.0 Å². The third-order valence-electron chi connectivity index (χ3n) is 4.66. The first-order valence-corrected chi connectivity index (χ1v) is 9.15. The van der Waals surface area contributed by atoms with E-state index in [0.717, 1.165) is 48.3 Å². The zero-order valence-electron chi connectivity index (χ0n) is 16.5. The Morgan fingerprint density at radius 3 is 2.93 bits per heavy atom. The van der Waals surface area contributed by atoms with Gasteiger partial charge in [0.2, 0.25) is 0 Å². The van der Waals surface area contributed by atoms with Crippen LogP contribution in [0.2, 0.25) is 0 Å². The molecule has 0 aliphatic carbocycles. The van der Waals surface area contributed by atoms with E-state index in [-0.39, 0.29) is 6.04 Å². The Morgan fingerprint density at radius 2 is 2.22 bits per heavy atom. The summed E-state index contributed by atoms with van der Waals surface area (Å²) in [6.07, 6.45) is 1.89. The zero-order valence-corrected chi connectivity index (χ0v) is 16.5. The van der Waals surface area contributed by atoms with Crippen molar-refractivity contribution >= 4 is 5.96 Å². The van der Waals surface area contributed by atoms with Gasteiger partial charge in [0, 0.05) is 33.2 Å². The molecule has 8 heteroatoms. The summed E-state index contributed by atoms with van der Waals surface area (Å²) in [4.78, 5) is 8.86. The molecule has 1 aliphatic heterocycles. The highest BCUT2D eigenvalue weighted by Gasteiger charge is 2.22. The first-order chi connectivity index (χ1) is 13.1. The molecule has 3 rings (SSSR count). The molecular formula is C19H28N6O2. The van der Waals surface area contributed by atoms with Crippen LogP contribution < -0.4 is 15.4 Å². The number of aliphatic imine (C=N–C) groups is 1. The van der Waals surface area contributed by atoms with Gasteiger partial charge in [-0.1, -0.05) is 12.1 Å². The van der Waals surface area contributed by atoms with Gasteiger partial charge < -0.3 is 20.1 Å². The lowest BCUT2D eigenvalue weighted by Gasteiger charge is -2.25. The number of guanidine groups is 1. The number of nitrogens with zero attached hydrogens (tertiary/aromatic N) is 4. The molecule has 8 nitrogen and oxygen atoms in total. The summed E-state index contributed by atoms with van der Waals surface area (Å²) >= 11 is 0. The highest BCUT2D eigenvalue weighted by Crippen LogP contribution is 2.18. The van der Waals surface area contributed by atoms with E-state index < -0.39 is 0 Å². The molecule has 0 saturated heterocycles. The van der Waals surface area contributed by atoms with Gasteiger partial charge in [-0.25, -0.2) is 9.67 Å². The molecule has 0 amide bonds. The van der Waals surface area contributed by atoms with E-state index in [1.54, 1.807) is 21.3 Å². The number of nitrogens with one attached hydrogen (secondary N) is 2. The van der Waals surface area contributed by atoms with Gasteiger partial charge in [-0.15, -0.1) is 0 Å². The zero-order chi connectivity index (χ0) is 19.2. The van der Waals surface area contributed by atoms with Gasteiger partial charge in [-0.05, 0) is 30.5 Å². The Balaban J connectivity index is 1.55. The van der Waals surface area contributed by atoms with Crippen molar-refractivity contribution in [2.24, 2.45) is 4.99 Å². The lowest BCUT2D eigenvalue weighted by Crippen LogP contribution is -2.46. The average molecular weight is 372 g/mol. The van der Waals surface area contributed by atoms with Gasteiger partial charge in [-0.3, -0.25) is 4.99 Å². The van der Waals surface area contributed by atoms with Crippen molar-refractivity contribution in [2.45, 2.75) is 45.5 Å². The summed E-state index contributed by atoms with van der Waals surface area (Å²) in [6.45, 7) is 3.96. The standard InChI is InChI=1S/C19H28N6O2/c1-13-9-14(5-7-16(13)27-4)10-21-19(20-2)22-15-6-8-18-23-17(12-26-3)24-25(18)11-15/h5,7,9,15H,6,8,10-12H2,1-4H3,(H2,20,21,22). The number of hydrogen-bond acceptors (Lipinski definition) is 5. The number of fused-ring (bicyclic) bond motifs is 1. The first-order valence-electron chi connectivity index (χ1n) is 9.15. The van der Waals surface area contributed by atoms with Crippen LogP contribution in [0.15, 0.2) is 23.2 Å². The number of ether oxygens (including phenoxy) is 2. The largest absolute Gasteiger partial charge is 0.496 e. The lowest BCUT2D eigenvalue weighted by atomic mass is 10.1. The van der Waals surface area contributed by atoms with Gasteiger partial charge in [-0.2, -0.15) is 5.10 Å². The molecule has 1 aliphatic rings. The minimum absolute atomic E-state index is 0.262. The smallest absolute Gasteiger partial charge is 0.191 e. The van der Waals surface area contributed by atoms with E-state index in [1.165, 1.54) is 5.56 Å². The second-order valence-corrected chi connectivity index (χ2v) is 6.67. The Labute approximate surface area is 160 Å². The molecule has 1 atom stereocenters. The Hall–Kier alpha value is -2.61. The summed E-state index contributed by atoms with van der Waals surface area (Å²) in [5.41, 5.74) is 2.31. The number of aryl methyl sites for hydroxylation is 2. The molecule has 0 radical (unpaired) electrons. The number of rotatable bonds is 6. The third-order valence-corrected chi connectivity index (χ3v) is 4.66. The van der Waals surface area contributed by atoms with Crippen molar-refractivity contribution in [3.63, 3.8) is 0 Å². The quantitative estimate of drug-likeness (QED) is 0.589. The van der Waals surface area contributed by atoms with Crippen molar-refractivity contribution in [3.8, 4) is 5.75 Å². The molecule has 0 fully saturated rings. The number of hydrogen-bond donors (Lipinski definition) is 2. The highest BCUT2D eigenvalue weighted by atomic mass is 16.5. The van der Waals surface area contributed by atoms with Crippen LogP contribution in [0.4, 0.5) is 0 Å². The SMILES string of the molecule is CN=C(NCc1ccc(OC)c(C)c1)NC1CCc2nc(COC)nn2C1. The van der Waals surface area contributed by atoms with Crippen LogP contribution in [0.25, 0.3) is 0 Å². The molecule has 2 aromatic rings. The second-order valence-electron chi connectivity index (χ2n) is 6.67. The maximum atomic E-state index is 5.32. The van der Waals surface area contributed by atoms with Crippen LogP contribution in [0, 0.1) is 6.92 Å². The number of aromatic nitrogens is 3. The second kappa shape index (κ2) is 8.85. The van der Waals surface area contributed by atoms with Crippen molar-refractivity contribution in [1.29, 1.82) is 0 Å². The molecule has 1 aromatic heterocycles. The maximum Gasteiger partial charge on any atom is 0.191 e. The maximum absolute atomic E-state index is 5.32. The van der Waals surface area contributed by atoms with E-state index >= 15 is 0 Å². The molecule has 1 unspecified atom stereocenters. The molecule has 27 heavy (non-hydrogen) atoms. The fourth-order valence-corrected chi connectivity index (χ4v) is 3.29. The molecule has 0 spiro atoms. The predicted octanol–water partition coefficient (Wildman–Crippen LogP) is 1.42. The van der Waals surface area contributed by atoms with Crippen molar-refractivity contribution in [1.82, 2.24) is 25.4 Å². The van der Waals surface area contributed by atoms with Gasteiger partial charge >= 0.3 is 0 Å². The van der Waals surface area contributed by atoms with Gasteiger partial charge in [0.15, 0.2) is 11.8 Å². The summed E-state index contributed by atoms with van der Waals surface area (Å²) in [6, 6.07) is 6.44. The number of methoxy groups -OCH3 is 2. The molecule has 0 bridgehead atoms. The minimum Gasteiger partial charge on any atom is -0.496 e. The fourth-order valence-electron chi connectivity index (χ4n) is 3.29. The molecule has 2 N–H and O–H groups in total. The van der Waals surface area contributed by atoms with Crippen molar-refractivity contribution in [2.75, 3.05) is 21.3 Å². The summed E-state index contributed by atoms with van der Waals surface area (Å²) < 4.78 is 12.4. The summed E-state index contributed by atoms with van der Waals surface area (Å²) in [5.74, 6) is 3.45. The topological polar surface area (TPSA) is 85.6 Å². The lowest BCUT2D eigenvalue weighted by molar-refractivity contribution is 0.177. The molecule has 0 saturated carbocycles. The normalized spacial score (nSPS) is 16.7. The van der Waals surface area contributed by atoms with E-state index in [4.69, 9.17) is 9.47 Å².